The normalized spacial score (nSPS) is 10.0. The van der Waals surface area contributed by atoms with E-state index in [0.717, 1.165) is 6.07 Å². The Morgan fingerprint density at radius 1 is 1.58 bits per heavy atom. The number of halogens is 3. The molecule has 0 aliphatic carbocycles. The SMILES string of the molecule is Cc1c(Br)cc(F)cc1C(=O)Cl. The van der Waals surface area contributed by atoms with Crippen LogP contribution in [0.15, 0.2) is 16.6 Å². The molecule has 0 spiro atoms. The summed E-state index contributed by atoms with van der Waals surface area (Å²) in [6.07, 6.45) is 0. The fourth-order valence-corrected chi connectivity index (χ4v) is 1.48. The molecular formula is C8H5BrClFO. The van der Waals surface area contributed by atoms with E-state index in [2.05, 4.69) is 15.9 Å². The molecule has 0 saturated carbocycles. The molecule has 0 radical (unpaired) electrons. The smallest absolute Gasteiger partial charge is 0.252 e. The van der Waals surface area contributed by atoms with Crippen LogP contribution in [0, 0.1) is 12.7 Å². The Morgan fingerprint density at radius 3 is 2.67 bits per heavy atom. The van der Waals surface area contributed by atoms with Crippen molar-refractivity contribution >= 4 is 32.8 Å². The highest BCUT2D eigenvalue weighted by Crippen LogP contribution is 2.22. The first kappa shape index (κ1) is 9.68. The summed E-state index contributed by atoms with van der Waals surface area (Å²) in [5, 5.41) is -0.646. The number of carbonyl (C=O) groups is 1. The molecule has 0 N–H and O–H groups in total. The Kier molecular flexibility index (Phi) is 2.85. The van der Waals surface area contributed by atoms with E-state index in [9.17, 15) is 9.18 Å². The summed E-state index contributed by atoms with van der Waals surface area (Å²) >= 11 is 8.34. The zero-order valence-electron chi connectivity index (χ0n) is 6.20. The van der Waals surface area contributed by atoms with Crippen molar-refractivity contribution in [3.8, 4) is 0 Å². The highest BCUT2D eigenvalue weighted by Gasteiger charge is 2.10. The van der Waals surface area contributed by atoms with E-state index < -0.39 is 11.1 Å². The Labute approximate surface area is 82.7 Å². The van der Waals surface area contributed by atoms with Crippen LogP contribution in [0.3, 0.4) is 0 Å². The van der Waals surface area contributed by atoms with Crippen LogP contribution in [0.25, 0.3) is 0 Å². The lowest BCUT2D eigenvalue weighted by molar-refractivity contribution is 0.108. The topological polar surface area (TPSA) is 17.1 Å². The van der Waals surface area contributed by atoms with E-state index in [1.165, 1.54) is 6.07 Å². The average molecular weight is 251 g/mol. The van der Waals surface area contributed by atoms with E-state index in [1.807, 2.05) is 0 Å². The third-order valence-corrected chi connectivity index (χ3v) is 2.55. The van der Waals surface area contributed by atoms with Gasteiger partial charge < -0.3 is 0 Å². The predicted octanol–water partition coefficient (Wildman–Crippen LogP) is 3.28. The summed E-state index contributed by atoms with van der Waals surface area (Å²) in [5.41, 5.74) is 0.847. The van der Waals surface area contributed by atoms with E-state index >= 15 is 0 Å². The summed E-state index contributed by atoms with van der Waals surface area (Å²) < 4.78 is 13.3. The molecule has 0 bridgehead atoms. The van der Waals surface area contributed by atoms with Gasteiger partial charge in [-0.25, -0.2) is 4.39 Å². The highest BCUT2D eigenvalue weighted by atomic mass is 79.9. The van der Waals surface area contributed by atoms with Gasteiger partial charge in [0.25, 0.3) is 5.24 Å². The molecule has 0 aliphatic rings. The van der Waals surface area contributed by atoms with Gasteiger partial charge in [0, 0.05) is 10.0 Å². The Morgan fingerprint density at radius 2 is 2.17 bits per heavy atom. The van der Waals surface area contributed by atoms with Gasteiger partial charge in [0.2, 0.25) is 0 Å². The second kappa shape index (κ2) is 3.54. The minimum atomic E-state index is -0.646. The van der Waals surface area contributed by atoms with Gasteiger partial charge in [0.05, 0.1) is 0 Å². The summed E-state index contributed by atoms with van der Waals surface area (Å²) in [4.78, 5) is 10.7. The van der Waals surface area contributed by atoms with Crippen molar-refractivity contribution in [2.75, 3.05) is 0 Å². The summed E-state index contributed by atoms with van der Waals surface area (Å²) in [5.74, 6) is -0.475. The molecule has 12 heavy (non-hydrogen) atoms. The molecule has 0 aromatic heterocycles. The lowest BCUT2D eigenvalue weighted by atomic mass is 10.1. The van der Waals surface area contributed by atoms with Crippen LogP contribution in [0.5, 0.6) is 0 Å². The van der Waals surface area contributed by atoms with E-state index in [-0.39, 0.29) is 5.56 Å². The highest BCUT2D eigenvalue weighted by molar-refractivity contribution is 9.10. The minimum Gasteiger partial charge on any atom is -0.276 e. The molecule has 1 rings (SSSR count). The van der Waals surface area contributed by atoms with Crippen LogP contribution in [-0.2, 0) is 0 Å². The molecule has 4 heteroatoms. The molecule has 1 aromatic carbocycles. The van der Waals surface area contributed by atoms with Crippen molar-refractivity contribution in [2.45, 2.75) is 6.92 Å². The average Bonchev–Trinajstić information content (AvgIpc) is 1.96. The number of hydrogen-bond donors (Lipinski definition) is 0. The van der Waals surface area contributed by atoms with Crippen molar-refractivity contribution in [1.29, 1.82) is 0 Å². The van der Waals surface area contributed by atoms with Crippen molar-refractivity contribution in [3.63, 3.8) is 0 Å². The number of rotatable bonds is 1. The van der Waals surface area contributed by atoms with Crippen LogP contribution in [-0.4, -0.2) is 5.24 Å². The first-order valence-corrected chi connectivity index (χ1v) is 4.35. The second-order valence-electron chi connectivity index (χ2n) is 2.33. The minimum absolute atomic E-state index is 0.198. The molecule has 0 fully saturated rings. The van der Waals surface area contributed by atoms with Gasteiger partial charge in [-0.05, 0) is 36.2 Å². The summed E-state index contributed by atoms with van der Waals surface area (Å²) in [6, 6.07) is 2.41. The van der Waals surface area contributed by atoms with Crippen LogP contribution < -0.4 is 0 Å². The van der Waals surface area contributed by atoms with Gasteiger partial charge in [-0.15, -0.1) is 0 Å². The molecule has 64 valence electrons. The third kappa shape index (κ3) is 1.84. The molecule has 0 heterocycles. The van der Waals surface area contributed by atoms with E-state index in [1.54, 1.807) is 6.92 Å². The molecule has 0 amide bonds. The van der Waals surface area contributed by atoms with Crippen LogP contribution in [0.1, 0.15) is 15.9 Å². The number of hydrogen-bond acceptors (Lipinski definition) is 1. The number of benzene rings is 1. The van der Waals surface area contributed by atoms with Crippen molar-refractivity contribution in [2.24, 2.45) is 0 Å². The van der Waals surface area contributed by atoms with Gasteiger partial charge in [0.15, 0.2) is 0 Å². The second-order valence-corrected chi connectivity index (χ2v) is 3.53. The van der Waals surface area contributed by atoms with Crippen LogP contribution in [0.2, 0.25) is 0 Å². The zero-order valence-corrected chi connectivity index (χ0v) is 8.54. The maximum atomic E-state index is 12.7. The molecule has 0 atom stereocenters. The van der Waals surface area contributed by atoms with E-state index in [4.69, 9.17) is 11.6 Å². The fourth-order valence-electron chi connectivity index (χ4n) is 0.850. The Balaban J connectivity index is 3.37. The standard InChI is InChI=1S/C8H5BrClFO/c1-4-6(8(10)12)2-5(11)3-7(4)9/h2-3H,1H3. The first-order valence-electron chi connectivity index (χ1n) is 3.18. The van der Waals surface area contributed by atoms with Crippen LogP contribution in [0.4, 0.5) is 4.39 Å². The summed E-state index contributed by atoms with van der Waals surface area (Å²) in [7, 11) is 0. The molecule has 1 nitrogen and oxygen atoms in total. The van der Waals surface area contributed by atoms with Crippen molar-refractivity contribution in [1.82, 2.24) is 0 Å². The Hall–Kier alpha value is -0.410. The first-order chi connectivity index (χ1) is 5.52. The lowest BCUT2D eigenvalue weighted by Gasteiger charge is -2.02. The molecular weight excluding hydrogens is 246 g/mol. The van der Waals surface area contributed by atoms with Gasteiger partial charge in [-0.1, -0.05) is 15.9 Å². The van der Waals surface area contributed by atoms with Crippen molar-refractivity contribution in [3.05, 3.63) is 33.5 Å². The van der Waals surface area contributed by atoms with Gasteiger partial charge in [0.1, 0.15) is 5.82 Å². The monoisotopic (exact) mass is 250 g/mol. The maximum absolute atomic E-state index is 12.7. The predicted molar refractivity (Wildman–Crippen MR) is 49.0 cm³/mol. The fraction of sp³-hybridized carbons (Fsp3) is 0.125. The third-order valence-electron chi connectivity index (χ3n) is 1.52. The van der Waals surface area contributed by atoms with E-state index in [0.29, 0.717) is 10.0 Å². The van der Waals surface area contributed by atoms with Gasteiger partial charge in [-0.3, -0.25) is 4.79 Å². The quantitative estimate of drug-likeness (QED) is 0.700. The zero-order chi connectivity index (χ0) is 9.30. The molecule has 0 saturated heterocycles. The molecule has 0 unspecified atom stereocenters. The van der Waals surface area contributed by atoms with Crippen LogP contribution >= 0.6 is 27.5 Å². The summed E-state index contributed by atoms with van der Waals surface area (Å²) in [6.45, 7) is 1.69. The molecule has 1 aromatic rings. The maximum Gasteiger partial charge on any atom is 0.252 e. The lowest BCUT2D eigenvalue weighted by Crippen LogP contribution is -1.95. The number of carbonyl (C=O) groups excluding carboxylic acids is 1. The Bertz CT molecular complexity index is 338. The van der Waals surface area contributed by atoms with Gasteiger partial charge in [-0.2, -0.15) is 0 Å². The largest absolute Gasteiger partial charge is 0.276 e. The molecule has 0 aliphatic heterocycles. The van der Waals surface area contributed by atoms with Crippen molar-refractivity contribution < 1.29 is 9.18 Å². The van der Waals surface area contributed by atoms with Gasteiger partial charge >= 0.3 is 0 Å².